The minimum Gasteiger partial charge on any atom is -0.496 e. The Balaban J connectivity index is 1.85. The molecule has 3 nitrogen and oxygen atoms in total. The van der Waals surface area contributed by atoms with Gasteiger partial charge in [0.2, 0.25) is 0 Å². The average molecular weight is 236 g/mol. The fraction of sp³-hybridized carbons (Fsp3) is 0.417. The molecule has 0 radical (unpaired) electrons. The van der Waals surface area contributed by atoms with E-state index in [-0.39, 0.29) is 0 Å². The number of rotatable bonds is 4. The first-order valence-corrected chi connectivity index (χ1v) is 5.86. The fourth-order valence-corrected chi connectivity index (χ4v) is 1.73. The molecular weight excluding hydrogens is 220 g/mol. The average Bonchev–Trinajstić information content (AvgIpc) is 3.10. The summed E-state index contributed by atoms with van der Waals surface area (Å²) in [4.78, 5) is 0. The van der Waals surface area contributed by atoms with E-state index >= 15 is 0 Å². The standard InChI is InChI=1S/C12H16N2OS/c1-15-11-5-3-2-4-9(11)8-13-12(16)14-10-6-7-10/h2-5,10H,6-8H2,1H3,(H2,13,14,16). The van der Waals surface area contributed by atoms with Crippen LogP contribution in [0, 0.1) is 0 Å². The monoisotopic (exact) mass is 236 g/mol. The highest BCUT2D eigenvalue weighted by Crippen LogP contribution is 2.19. The van der Waals surface area contributed by atoms with Crippen molar-refractivity contribution in [3.05, 3.63) is 29.8 Å². The minimum absolute atomic E-state index is 0.595. The second kappa shape index (κ2) is 5.16. The number of hydrogen-bond acceptors (Lipinski definition) is 2. The van der Waals surface area contributed by atoms with E-state index in [0.717, 1.165) is 16.4 Å². The predicted molar refractivity (Wildman–Crippen MR) is 68.6 cm³/mol. The van der Waals surface area contributed by atoms with Crippen LogP contribution < -0.4 is 15.4 Å². The van der Waals surface area contributed by atoms with Gasteiger partial charge >= 0.3 is 0 Å². The van der Waals surface area contributed by atoms with Gasteiger partial charge in [-0.25, -0.2) is 0 Å². The summed E-state index contributed by atoms with van der Waals surface area (Å²) >= 11 is 5.19. The lowest BCUT2D eigenvalue weighted by molar-refractivity contribution is 0.409. The number of methoxy groups -OCH3 is 1. The Bertz CT molecular complexity index is 377. The van der Waals surface area contributed by atoms with Crippen LogP contribution in [-0.4, -0.2) is 18.3 Å². The summed E-state index contributed by atoms with van der Waals surface area (Å²) < 4.78 is 5.27. The summed E-state index contributed by atoms with van der Waals surface area (Å²) in [7, 11) is 1.68. The largest absolute Gasteiger partial charge is 0.496 e. The van der Waals surface area contributed by atoms with Crippen LogP contribution in [0.2, 0.25) is 0 Å². The molecular formula is C12H16N2OS. The van der Waals surface area contributed by atoms with Gasteiger partial charge in [0.1, 0.15) is 5.75 Å². The number of thiocarbonyl (C=S) groups is 1. The molecule has 86 valence electrons. The van der Waals surface area contributed by atoms with Gasteiger partial charge in [-0.1, -0.05) is 18.2 Å². The summed E-state index contributed by atoms with van der Waals surface area (Å²) in [6.07, 6.45) is 2.47. The highest BCUT2D eigenvalue weighted by atomic mass is 32.1. The van der Waals surface area contributed by atoms with Gasteiger partial charge in [0.05, 0.1) is 7.11 Å². The molecule has 0 saturated heterocycles. The zero-order valence-electron chi connectivity index (χ0n) is 9.32. The van der Waals surface area contributed by atoms with Crippen molar-refractivity contribution in [1.82, 2.24) is 10.6 Å². The first-order chi connectivity index (χ1) is 7.79. The molecule has 1 aromatic carbocycles. The van der Waals surface area contributed by atoms with Crippen LogP contribution >= 0.6 is 12.2 Å². The Morgan fingerprint density at radius 2 is 2.19 bits per heavy atom. The predicted octanol–water partition coefficient (Wildman–Crippen LogP) is 1.82. The molecule has 1 fully saturated rings. The van der Waals surface area contributed by atoms with Crippen LogP contribution in [0.4, 0.5) is 0 Å². The lowest BCUT2D eigenvalue weighted by atomic mass is 10.2. The van der Waals surface area contributed by atoms with E-state index in [9.17, 15) is 0 Å². The third kappa shape index (κ3) is 3.10. The smallest absolute Gasteiger partial charge is 0.166 e. The number of benzene rings is 1. The van der Waals surface area contributed by atoms with Gasteiger partial charge in [-0.05, 0) is 31.1 Å². The topological polar surface area (TPSA) is 33.3 Å². The molecule has 2 N–H and O–H groups in total. The van der Waals surface area contributed by atoms with Gasteiger partial charge in [0.15, 0.2) is 5.11 Å². The van der Waals surface area contributed by atoms with Crippen molar-refractivity contribution in [1.29, 1.82) is 0 Å². The molecule has 1 aliphatic carbocycles. The van der Waals surface area contributed by atoms with Gasteiger partial charge < -0.3 is 15.4 Å². The third-order valence-electron chi connectivity index (χ3n) is 2.54. The Hall–Kier alpha value is -1.29. The Morgan fingerprint density at radius 1 is 1.44 bits per heavy atom. The Labute approximate surface area is 101 Å². The summed E-state index contributed by atoms with van der Waals surface area (Å²) in [5, 5.41) is 7.16. The van der Waals surface area contributed by atoms with E-state index in [1.54, 1.807) is 7.11 Å². The van der Waals surface area contributed by atoms with E-state index < -0.39 is 0 Å². The Kier molecular flexibility index (Phi) is 3.62. The Morgan fingerprint density at radius 3 is 2.88 bits per heavy atom. The molecule has 1 aliphatic rings. The fourth-order valence-electron chi connectivity index (χ4n) is 1.49. The molecule has 0 aromatic heterocycles. The van der Waals surface area contributed by atoms with Gasteiger partial charge in [-0.15, -0.1) is 0 Å². The zero-order chi connectivity index (χ0) is 11.4. The molecule has 0 aliphatic heterocycles. The zero-order valence-corrected chi connectivity index (χ0v) is 10.1. The third-order valence-corrected chi connectivity index (χ3v) is 2.81. The molecule has 1 aromatic rings. The molecule has 2 rings (SSSR count). The van der Waals surface area contributed by atoms with E-state index in [1.165, 1.54) is 12.8 Å². The first-order valence-electron chi connectivity index (χ1n) is 5.46. The summed E-state index contributed by atoms with van der Waals surface area (Å²) in [5.74, 6) is 0.893. The van der Waals surface area contributed by atoms with Gasteiger partial charge in [-0.2, -0.15) is 0 Å². The van der Waals surface area contributed by atoms with Crippen molar-refractivity contribution in [3.63, 3.8) is 0 Å². The van der Waals surface area contributed by atoms with Crippen molar-refractivity contribution >= 4 is 17.3 Å². The lowest BCUT2D eigenvalue weighted by Crippen LogP contribution is -2.36. The second-order valence-corrected chi connectivity index (χ2v) is 4.32. The molecule has 16 heavy (non-hydrogen) atoms. The van der Waals surface area contributed by atoms with Crippen molar-refractivity contribution in [3.8, 4) is 5.75 Å². The molecule has 0 atom stereocenters. The maximum absolute atomic E-state index is 5.27. The van der Waals surface area contributed by atoms with Crippen LogP contribution in [0.3, 0.4) is 0 Å². The maximum atomic E-state index is 5.27. The van der Waals surface area contributed by atoms with Gasteiger partial charge in [0.25, 0.3) is 0 Å². The number of hydrogen-bond donors (Lipinski definition) is 2. The lowest BCUT2D eigenvalue weighted by Gasteiger charge is -2.11. The van der Waals surface area contributed by atoms with Crippen LogP contribution in [0.5, 0.6) is 5.75 Å². The summed E-state index contributed by atoms with van der Waals surface area (Å²) in [6.45, 7) is 0.697. The van der Waals surface area contributed by atoms with E-state index in [1.807, 2.05) is 24.3 Å². The van der Waals surface area contributed by atoms with Crippen LogP contribution in [-0.2, 0) is 6.54 Å². The molecule has 0 unspecified atom stereocenters. The molecule has 1 saturated carbocycles. The van der Waals surface area contributed by atoms with E-state index in [0.29, 0.717) is 12.6 Å². The van der Waals surface area contributed by atoms with Crippen LogP contribution in [0.15, 0.2) is 24.3 Å². The maximum Gasteiger partial charge on any atom is 0.166 e. The van der Waals surface area contributed by atoms with E-state index in [2.05, 4.69) is 10.6 Å². The second-order valence-electron chi connectivity index (χ2n) is 3.91. The SMILES string of the molecule is COc1ccccc1CNC(=S)NC1CC1. The van der Waals surface area contributed by atoms with Gasteiger partial charge in [-0.3, -0.25) is 0 Å². The minimum atomic E-state index is 0.595. The van der Waals surface area contributed by atoms with Crippen molar-refractivity contribution < 1.29 is 4.74 Å². The van der Waals surface area contributed by atoms with Crippen molar-refractivity contribution in [2.45, 2.75) is 25.4 Å². The summed E-state index contributed by atoms with van der Waals surface area (Å²) in [5.41, 5.74) is 1.12. The van der Waals surface area contributed by atoms with Crippen LogP contribution in [0.1, 0.15) is 18.4 Å². The van der Waals surface area contributed by atoms with Crippen molar-refractivity contribution in [2.75, 3.05) is 7.11 Å². The number of ether oxygens (including phenoxy) is 1. The van der Waals surface area contributed by atoms with Gasteiger partial charge in [0, 0.05) is 18.2 Å². The molecule has 4 heteroatoms. The van der Waals surface area contributed by atoms with Crippen LogP contribution in [0.25, 0.3) is 0 Å². The molecule has 0 spiro atoms. The molecule has 0 bridgehead atoms. The molecule has 0 heterocycles. The quantitative estimate of drug-likeness (QED) is 0.781. The van der Waals surface area contributed by atoms with E-state index in [4.69, 9.17) is 17.0 Å². The van der Waals surface area contributed by atoms with Crippen molar-refractivity contribution in [2.24, 2.45) is 0 Å². The summed E-state index contributed by atoms with van der Waals surface area (Å²) in [6, 6.07) is 8.54. The first kappa shape index (κ1) is 11.2. The number of nitrogens with one attached hydrogen (secondary N) is 2. The highest BCUT2D eigenvalue weighted by Gasteiger charge is 2.21. The number of para-hydroxylation sites is 1. The molecule has 0 amide bonds. The highest BCUT2D eigenvalue weighted by molar-refractivity contribution is 7.80. The normalized spacial score (nSPS) is 14.3.